The van der Waals surface area contributed by atoms with E-state index in [1.165, 1.54) is 17.8 Å². The number of rotatable bonds is 4. The van der Waals surface area contributed by atoms with E-state index in [0.717, 1.165) is 18.4 Å². The summed E-state index contributed by atoms with van der Waals surface area (Å²) in [5, 5.41) is 11.3. The van der Waals surface area contributed by atoms with Crippen LogP contribution in [0.5, 0.6) is 11.5 Å². The predicted octanol–water partition coefficient (Wildman–Crippen LogP) is 4.07. The van der Waals surface area contributed by atoms with Crippen LogP contribution in [0.2, 0.25) is 0 Å². The second-order valence-electron chi connectivity index (χ2n) is 6.70. The van der Waals surface area contributed by atoms with Gasteiger partial charge in [-0.05, 0) is 48.9 Å². The molecule has 2 aliphatic rings. The summed E-state index contributed by atoms with van der Waals surface area (Å²) in [6, 6.07) is 10.4. The number of fused-ring (bicyclic) bond motifs is 1. The molecule has 0 aliphatic carbocycles. The van der Waals surface area contributed by atoms with E-state index in [0.29, 0.717) is 41.7 Å². The van der Waals surface area contributed by atoms with E-state index in [1.54, 1.807) is 23.3 Å². The second kappa shape index (κ2) is 7.71. The van der Waals surface area contributed by atoms with Crippen molar-refractivity contribution in [3.8, 4) is 11.5 Å². The van der Waals surface area contributed by atoms with Crippen LogP contribution < -0.4 is 9.47 Å². The Labute approximate surface area is 166 Å². The van der Waals surface area contributed by atoms with Crippen LogP contribution in [0.4, 0.5) is 5.69 Å². The molecule has 0 spiro atoms. The first-order valence-electron chi connectivity index (χ1n) is 9.11. The number of nitro groups is 1. The molecule has 7 nitrogen and oxygen atoms in total. The lowest BCUT2D eigenvalue weighted by molar-refractivity contribution is -0.387. The second-order valence-corrected chi connectivity index (χ2v) is 7.55. The maximum atomic E-state index is 13.1. The molecule has 8 heteroatoms. The summed E-state index contributed by atoms with van der Waals surface area (Å²) in [5.41, 5.74) is 1.30. The number of likely N-dealkylation sites (tertiary alicyclic amines) is 1. The van der Waals surface area contributed by atoms with Crippen molar-refractivity contribution in [1.82, 2.24) is 4.90 Å². The molecule has 2 heterocycles. The van der Waals surface area contributed by atoms with Crippen molar-refractivity contribution in [3.05, 3.63) is 57.6 Å². The van der Waals surface area contributed by atoms with Gasteiger partial charge in [0.2, 0.25) is 0 Å². The number of ether oxygens (including phenoxy) is 2. The first kappa shape index (κ1) is 18.6. The minimum absolute atomic E-state index is 0.0339. The molecule has 0 radical (unpaired) electrons. The van der Waals surface area contributed by atoms with Crippen molar-refractivity contribution in [2.75, 3.05) is 26.0 Å². The number of hydrogen-bond donors (Lipinski definition) is 0. The molecule has 1 amide bonds. The van der Waals surface area contributed by atoms with E-state index in [2.05, 4.69) is 0 Å². The largest absolute Gasteiger partial charge is 0.486 e. The smallest absolute Gasteiger partial charge is 0.283 e. The van der Waals surface area contributed by atoms with Crippen molar-refractivity contribution in [1.29, 1.82) is 0 Å². The van der Waals surface area contributed by atoms with Crippen LogP contribution in [0.3, 0.4) is 0 Å². The highest BCUT2D eigenvalue weighted by molar-refractivity contribution is 7.98. The van der Waals surface area contributed by atoms with E-state index >= 15 is 0 Å². The number of nitro benzene ring substituents is 1. The van der Waals surface area contributed by atoms with Gasteiger partial charge in [0, 0.05) is 18.2 Å². The Bertz CT molecular complexity index is 933. The van der Waals surface area contributed by atoms with Crippen molar-refractivity contribution >= 4 is 23.4 Å². The first-order valence-corrected chi connectivity index (χ1v) is 10.3. The van der Waals surface area contributed by atoms with Crippen LogP contribution >= 0.6 is 11.8 Å². The molecule has 0 aromatic heterocycles. The molecule has 4 rings (SSSR count). The van der Waals surface area contributed by atoms with Gasteiger partial charge in [-0.2, -0.15) is 0 Å². The predicted molar refractivity (Wildman–Crippen MR) is 105 cm³/mol. The number of benzene rings is 2. The van der Waals surface area contributed by atoms with Gasteiger partial charge in [-0.25, -0.2) is 0 Å². The number of carbonyl (C=O) groups excluding carboxylic acids is 1. The fraction of sp³-hybridized carbons (Fsp3) is 0.350. The normalized spacial score (nSPS) is 18.2. The maximum absolute atomic E-state index is 13.1. The highest BCUT2D eigenvalue weighted by Gasteiger charge is 2.32. The zero-order valence-corrected chi connectivity index (χ0v) is 16.2. The number of carbonyl (C=O) groups is 1. The van der Waals surface area contributed by atoms with E-state index in [1.807, 2.05) is 18.2 Å². The monoisotopic (exact) mass is 400 g/mol. The standard InChI is InChI=1S/C20H20N2O5S/c1-28-19-7-5-14(11-16(19)22(24)25)20(23)21-8-2-3-15(21)13-4-6-17-18(12-13)27-10-9-26-17/h4-7,11-12,15H,2-3,8-10H2,1H3. The fourth-order valence-corrected chi connectivity index (χ4v) is 4.30. The third kappa shape index (κ3) is 3.40. The van der Waals surface area contributed by atoms with Crippen LogP contribution in [0.15, 0.2) is 41.3 Å². The maximum Gasteiger partial charge on any atom is 0.283 e. The lowest BCUT2D eigenvalue weighted by Gasteiger charge is -2.27. The van der Waals surface area contributed by atoms with Gasteiger partial charge in [0.25, 0.3) is 11.6 Å². The molecule has 146 valence electrons. The molecule has 2 aromatic rings. The summed E-state index contributed by atoms with van der Waals surface area (Å²) < 4.78 is 11.2. The van der Waals surface area contributed by atoms with Gasteiger partial charge in [-0.15, -0.1) is 11.8 Å². The minimum atomic E-state index is -0.440. The highest BCUT2D eigenvalue weighted by Crippen LogP contribution is 2.39. The van der Waals surface area contributed by atoms with Crippen LogP contribution in [0.1, 0.15) is 34.8 Å². The van der Waals surface area contributed by atoms with Crippen LogP contribution in [-0.4, -0.2) is 41.7 Å². The van der Waals surface area contributed by atoms with Crippen molar-refractivity contribution < 1.29 is 19.2 Å². The molecule has 0 saturated carbocycles. The summed E-state index contributed by atoms with van der Waals surface area (Å²) in [5.74, 6) is 1.23. The van der Waals surface area contributed by atoms with Crippen molar-refractivity contribution in [2.24, 2.45) is 0 Å². The topological polar surface area (TPSA) is 81.9 Å². The van der Waals surface area contributed by atoms with Gasteiger partial charge >= 0.3 is 0 Å². The molecule has 0 N–H and O–H groups in total. The third-order valence-corrected chi connectivity index (χ3v) is 5.87. The Morgan fingerprint density at radius 3 is 2.71 bits per heavy atom. The van der Waals surface area contributed by atoms with Gasteiger partial charge in [0.15, 0.2) is 11.5 Å². The highest BCUT2D eigenvalue weighted by atomic mass is 32.2. The Morgan fingerprint density at radius 2 is 1.96 bits per heavy atom. The van der Waals surface area contributed by atoms with Crippen LogP contribution in [0.25, 0.3) is 0 Å². The Balaban J connectivity index is 1.62. The zero-order chi connectivity index (χ0) is 19.7. The van der Waals surface area contributed by atoms with E-state index < -0.39 is 4.92 Å². The Morgan fingerprint density at radius 1 is 1.18 bits per heavy atom. The van der Waals surface area contributed by atoms with Crippen LogP contribution in [-0.2, 0) is 0 Å². The van der Waals surface area contributed by atoms with Crippen molar-refractivity contribution in [2.45, 2.75) is 23.8 Å². The molecule has 0 bridgehead atoms. The average molecular weight is 400 g/mol. The van der Waals surface area contributed by atoms with Gasteiger partial charge < -0.3 is 14.4 Å². The molecule has 1 saturated heterocycles. The Kier molecular flexibility index (Phi) is 5.13. The summed E-state index contributed by atoms with van der Waals surface area (Å²) in [6.45, 7) is 1.66. The Hall–Kier alpha value is -2.74. The lowest BCUT2D eigenvalue weighted by Crippen LogP contribution is -2.30. The number of thioether (sulfide) groups is 1. The molecule has 1 fully saturated rings. The molecular formula is C20H20N2O5S. The van der Waals surface area contributed by atoms with Gasteiger partial charge in [0.1, 0.15) is 13.2 Å². The van der Waals surface area contributed by atoms with Gasteiger partial charge in [-0.3, -0.25) is 14.9 Å². The van der Waals surface area contributed by atoms with Gasteiger partial charge in [-0.1, -0.05) is 6.07 Å². The molecule has 1 atom stereocenters. The number of hydrogen-bond acceptors (Lipinski definition) is 6. The minimum Gasteiger partial charge on any atom is -0.486 e. The molecule has 2 aliphatic heterocycles. The SMILES string of the molecule is CSc1ccc(C(=O)N2CCCC2c2ccc3c(c2)OCCO3)cc1[N+](=O)[O-]. The zero-order valence-electron chi connectivity index (χ0n) is 15.4. The van der Waals surface area contributed by atoms with Crippen molar-refractivity contribution in [3.63, 3.8) is 0 Å². The molecule has 28 heavy (non-hydrogen) atoms. The molecular weight excluding hydrogens is 380 g/mol. The lowest BCUT2D eigenvalue weighted by atomic mass is 10.0. The fourth-order valence-electron chi connectivity index (χ4n) is 3.76. The number of amides is 1. The van der Waals surface area contributed by atoms with E-state index in [-0.39, 0.29) is 17.6 Å². The summed E-state index contributed by atoms with van der Waals surface area (Å²) >= 11 is 1.29. The quantitative estimate of drug-likeness (QED) is 0.437. The van der Waals surface area contributed by atoms with Gasteiger partial charge in [0.05, 0.1) is 15.9 Å². The van der Waals surface area contributed by atoms with E-state index in [4.69, 9.17) is 9.47 Å². The molecule has 1 unspecified atom stereocenters. The summed E-state index contributed by atoms with van der Waals surface area (Å²) in [7, 11) is 0. The summed E-state index contributed by atoms with van der Waals surface area (Å²) in [6.07, 6.45) is 3.51. The number of nitrogens with zero attached hydrogens (tertiary/aromatic N) is 2. The first-order chi connectivity index (χ1) is 13.6. The third-order valence-electron chi connectivity index (χ3n) is 5.09. The summed E-state index contributed by atoms with van der Waals surface area (Å²) in [4.78, 5) is 26.4. The van der Waals surface area contributed by atoms with Crippen LogP contribution in [0, 0.1) is 10.1 Å². The average Bonchev–Trinajstić information content (AvgIpc) is 3.22. The van der Waals surface area contributed by atoms with E-state index in [9.17, 15) is 14.9 Å². The molecule has 2 aromatic carbocycles.